The number of carbonyl (C=O) groups excluding carboxylic acids is 1. The summed E-state index contributed by atoms with van der Waals surface area (Å²) in [5.74, 6) is 1.31. The van der Waals surface area contributed by atoms with Gasteiger partial charge in [-0.05, 0) is 23.3 Å². The van der Waals surface area contributed by atoms with Crippen LogP contribution in [0.5, 0.6) is 0 Å². The van der Waals surface area contributed by atoms with Crippen LogP contribution in [0, 0.1) is 0 Å². The Kier molecular flexibility index (Phi) is 5.70. The fraction of sp³-hybridized carbons (Fsp3) is 0.217. The van der Waals surface area contributed by atoms with Crippen molar-refractivity contribution in [3.63, 3.8) is 0 Å². The van der Waals surface area contributed by atoms with Gasteiger partial charge in [0, 0.05) is 24.2 Å². The molecule has 152 valence electrons. The van der Waals surface area contributed by atoms with Crippen LogP contribution in [-0.2, 0) is 13.0 Å². The molecule has 0 aliphatic carbocycles. The number of amides is 1. The van der Waals surface area contributed by atoms with E-state index < -0.39 is 0 Å². The molecule has 0 saturated carbocycles. The zero-order valence-electron chi connectivity index (χ0n) is 16.9. The Morgan fingerprint density at radius 2 is 1.83 bits per heavy atom. The molecule has 4 rings (SSSR count). The standard InChI is InChI=1S/C23H23N5O2/c1-16(2)23-26-21(27-30-23)12-17-8-10-20(11-9-17)25-22(29)19-13-24-28(15-19)14-18-6-4-3-5-7-18/h3-11,13,15-16H,12,14H2,1-2H3,(H,25,29). The van der Waals surface area contributed by atoms with Crippen molar-refractivity contribution >= 4 is 11.6 Å². The van der Waals surface area contributed by atoms with Crippen molar-refractivity contribution < 1.29 is 9.32 Å². The van der Waals surface area contributed by atoms with Gasteiger partial charge < -0.3 is 9.84 Å². The minimum atomic E-state index is -0.193. The molecule has 2 aromatic heterocycles. The van der Waals surface area contributed by atoms with E-state index in [-0.39, 0.29) is 11.8 Å². The van der Waals surface area contributed by atoms with Gasteiger partial charge in [-0.1, -0.05) is 61.5 Å². The lowest BCUT2D eigenvalue weighted by Gasteiger charge is -2.05. The molecule has 2 aromatic carbocycles. The van der Waals surface area contributed by atoms with Crippen LogP contribution in [0.2, 0.25) is 0 Å². The minimum Gasteiger partial charge on any atom is -0.339 e. The summed E-state index contributed by atoms with van der Waals surface area (Å²) >= 11 is 0. The Balaban J connectivity index is 1.35. The lowest BCUT2D eigenvalue weighted by atomic mass is 10.1. The topological polar surface area (TPSA) is 85.8 Å². The van der Waals surface area contributed by atoms with Crippen LogP contribution in [0.3, 0.4) is 0 Å². The third-order valence-electron chi connectivity index (χ3n) is 4.63. The van der Waals surface area contributed by atoms with E-state index in [1.165, 1.54) is 0 Å². The first-order valence-electron chi connectivity index (χ1n) is 9.86. The van der Waals surface area contributed by atoms with E-state index in [2.05, 4.69) is 20.6 Å². The van der Waals surface area contributed by atoms with Crippen molar-refractivity contribution in [2.45, 2.75) is 32.7 Å². The van der Waals surface area contributed by atoms with Crippen molar-refractivity contribution in [3.8, 4) is 0 Å². The summed E-state index contributed by atoms with van der Waals surface area (Å²) in [6.07, 6.45) is 3.91. The van der Waals surface area contributed by atoms with Crippen LogP contribution in [0.15, 0.2) is 71.5 Å². The van der Waals surface area contributed by atoms with Crippen molar-refractivity contribution in [2.75, 3.05) is 5.32 Å². The number of benzene rings is 2. The predicted molar refractivity (Wildman–Crippen MR) is 113 cm³/mol. The zero-order valence-corrected chi connectivity index (χ0v) is 16.9. The molecule has 0 aliphatic heterocycles. The number of nitrogens with zero attached hydrogens (tertiary/aromatic N) is 4. The smallest absolute Gasteiger partial charge is 0.258 e. The summed E-state index contributed by atoms with van der Waals surface area (Å²) in [5.41, 5.74) is 3.41. The summed E-state index contributed by atoms with van der Waals surface area (Å²) in [6, 6.07) is 17.6. The van der Waals surface area contributed by atoms with E-state index in [1.54, 1.807) is 17.1 Å². The van der Waals surface area contributed by atoms with E-state index in [9.17, 15) is 4.79 Å². The van der Waals surface area contributed by atoms with Gasteiger partial charge >= 0.3 is 0 Å². The largest absolute Gasteiger partial charge is 0.339 e. The molecule has 0 atom stereocenters. The Hall–Kier alpha value is -3.74. The number of rotatable bonds is 7. The highest BCUT2D eigenvalue weighted by molar-refractivity contribution is 6.03. The van der Waals surface area contributed by atoms with Gasteiger partial charge in [0.1, 0.15) is 0 Å². The number of anilines is 1. The summed E-state index contributed by atoms with van der Waals surface area (Å²) in [6.45, 7) is 4.65. The van der Waals surface area contributed by atoms with Crippen LogP contribution in [0.1, 0.15) is 53.0 Å². The average molecular weight is 401 g/mol. The first-order valence-corrected chi connectivity index (χ1v) is 9.86. The van der Waals surface area contributed by atoms with Gasteiger partial charge in [0.05, 0.1) is 18.3 Å². The minimum absolute atomic E-state index is 0.193. The first kappa shape index (κ1) is 19.6. The maximum Gasteiger partial charge on any atom is 0.258 e. The van der Waals surface area contributed by atoms with E-state index in [0.29, 0.717) is 30.2 Å². The summed E-state index contributed by atoms with van der Waals surface area (Å²) < 4.78 is 6.99. The third kappa shape index (κ3) is 4.81. The molecule has 0 unspecified atom stereocenters. The quantitative estimate of drug-likeness (QED) is 0.499. The molecule has 0 spiro atoms. The molecule has 4 aromatic rings. The van der Waals surface area contributed by atoms with Gasteiger partial charge in [-0.15, -0.1) is 0 Å². The summed E-state index contributed by atoms with van der Waals surface area (Å²) in [7, 11) is 0. The summed E-state index contributed by atoms with van der Waals surface area (Å²) in [4.78, 5) is 16.9. The highest BCUT2D eigenvalue weighted by Gasteiger charge is 2.12. The van der Waals surface area contributed by atoms with E-state index in [1.807, 2.05) is 68.4 Å². The van der Waals surface area contributed by atoms with Crippen LogP contribution in [0.4, 0.5) is 5.69 Å². The molecule has 0 aliphatic rings. The van der Waals surface area contributed by atoms with Crippen molar-refractivity contribution in [3.05, 3.63) is 95.4 Å². The Morgan fingerprint density at radius 3 is 2.53 bits per heavy atom. The van der Waals surface area contributed by atoms with Gasteiger partial charge in [0.2, 0.25) is 5.89 Å². The second-order valence-corrected chi connectivity index (χ2v) is 7.44. The Labute approximate surface area is 174 Å². The van der Waals surface area contributed by atoms with Gasteiger partial charge in [0.15, 0.2) is 5.82 Å². The molecule has 0 bridgehead atoms. The van der Waals surface area contributed by atoms with E-state index in [0.717, 1.165) is 16.8 Å². The van der Waals surface area contributed by atoms with Crippen LogP contribution < -0.4 is 5.32 Å². The Morgan fingerprint density at radius 1 is 1.07 bits per heavy atom. The van der Waals surface area contributed by atoms with Gasteiger partial charge in [-0.2, -0.15) is 10.1 Å². The van der Waals surface area contributed by atoms with Crippen molar-refractivity contribution in [2.24, 2.45) is 0 Å². The van der Waals surface area contributed by atoms with E-state index in [4.69, 9.17) is 4.52 Å². The molecular formula is C23H23N5O2. The number of hydrogen-bond acceptors (Lipinski definition) is 5. The monoisotopic (exact) mass is 401 g/mol. The highest BCUT2D eigenvalue weighted by atomic mass is 16.5. The fourth-order valence-corrected chi connectivity index (χ4v) is 3.00. The lowest BCUT2D eigenvalue weighted by molar-refractivity contribution is 0.102. The molecular weight excluding hydrogens is 378 g/mol. The molecule has 7 nitrogen and oxygen atoms in total. The van der Waals surface area contributed by atoms with Crippen LogP contribution in [-0.4, -0.2) is 25.8 Å². The Bertz CT molecular complexity index is 1110. The van der Waals surface area contributed by atoms with Crippen molar-refractivity contribution in [1.29, 1.82) is 0 Å². The number of hydrogen-bond donors (Lipinski definition) is 1. The second kappa shape index (κ2) is 8.73. The van der Waals surface area contributed by atoms with Crippen molar-refractivity contribution in [1.82, 2.24) is 19.9 Å². The number of aromatic nitrogens is 4. The normalized spacial score (nSPS) is 11.0. The summed E-state index contributed by atoms with van der Waals surface area (Å²) in [5, 5.41) is 11.2. The molecule has 0 saturated heterocycles. The van der Waals surface area contributed by atoms with Crippen LogP contribution in [0.25, 0.3) is 0 Å². The maximum atomic E-state index is 12.5. The molecule has 1 amide bonds. The fourth-order valence-electron chi connectivity index (χ4n) is 3.00. The van der Waals surface area contributed by atoms with Gasteiger partial charge in [-0.25, -0.2) is 0 Å². The van der Waals surface area contributed by atoms with E-state index >= 15 is 0 Å². The van der Waals surface area contributed by atoms with Gasteiger partial charge in [0.25, 0.3) is 5.91 Å². The highest BCUT2D eigenvalue weighted by Crippen LogP contribution is 2.16. The maximum absolute atomic E-state index is 12.5. The SMILES string of the molecule is CC(C)c1nc(Cc2ccc(NC(=O)c3cnn(Cc4ccccc4)c3)cc2)no1. The predicted octanol–water partition coefficient (Wildman–Crippen LogP) is 4.28. The molecule has 30 heavy (non-hydrogen) atoms. The van der Waals surface area contributed by atoms with Crippen LogP contribution >= 0.6 is 0 Å². The number of carbonyl (C=O) groups is 1. The molecule has 0 radical (unpaired) electrons. The van der Waals surface area contributed by atoms with Gasteiger partial charge in [-0.3, -0.25) is 9.48 Å². The third-order valence-corrected chi connectivity index (χ3v) is 4.63. The molecule has 7 heteroatoms. The zero-order chi connectivity index (χ0) is 20.9. The first-order chi connectivity index (χ1) is 14.6. The lowest BCUT2D eigenvalue weighted by Crippen LogP contribution is -2.11. The number of nitrogens with one attached hydrogen (secondary N) is 1. The molecule has 0 fully saturated rings. The molecule has 1 N–H and O–H groups in total. The molecule has 2 heterocycles. The average Bonchev–Trinajstić information content (AvgIpc) is 3.40. The second-order valence-electron chi connectivity index (χ2n) is 7.44.